The van der Waals surface area contributed by atoms with E-state index in [1.807, 2.05) is 12.1 Å². The van der Waals surface area contributed by atoms with Crippen molar-refractivity contribution >= 4 is 9.84 Å². The fraction of sp³-hybridized carbons (Fsp3) is 0.739. The molecule has 0 N–H and O–H groups in total. The van der Waals surface area contributed by atoms with Crippen molar-refractivity contribution in [2.75, 3.05) is 26.2 Å². The van der Waals surface area contributed by atoms with Crippen LogP contribution in [-0.2, 0) is 9.84 Å². The van der Waals surface area contributed by atoms with Gasteiger partial charge >= 0.3 is 0 Å². The Kier molecular flexibility index (Phi) is 10.3. The van der Waals surface area contributed by atoms with E-state index in [1.54, 1.807) is 12.1 Å². The van der Waals surface area contributed by atoms with E-state index in [1.165, 1.54) is 38.8 Å². The third-order valence-corrected chi connectivity index (χ3v) is 7.96. The summed E-state index contributed by atoms with van der Waals surface area (Å²) in [5.74, 6) is 0.760. The fourth-order valence-electron chi connectivity index (χ4n) is 3.87. The van der Waals surface area contributed by atoms with Crippen molar-refractivity contribution in [2.45, 2.75) is 88.2 Å². The maximum atomic E-state index is 12.8. The predicted octanol–water partition coefficient (Wildman–Crippen LogP) is 5.46. The minimum absolute atomic E-state index is 0.203. The molecule has 1 saturated carbocycles. The number of ether oxygens (including phenoxy) is 1. The quantitative estimate of drug-likeness (QED) is 0.406. The zero-order chi connectivity index (χ0) is 20.2. The summed E-state index contributed by atoms with van der Waals surface area (Å²) in [6.45, 7) is 8.55. The maximum Gasteiger partial charge on any atom is 0.181 e. The lowest BCUT2D eigenvalue weighted by Crippen LogP contribution is -2.28. The van der Waals surface area contributed by atoms with Crippen molar-refractivity contribution in [1.82, 2.24) is 4.90 Å². The van der Waals surface area contributed by atoms with Gasteiger partial charge in [0.15, 0.2) is 9.84 Å². The lowest BCUT2D eigenvalue weighted by atomic mass is 10.0. The second-order valence-corrected chi connectivity index (χ2v) is 10.3. The summed E-state index contributed by atoms with van der Waals surface area (Å²) in [5, 5.41) is -0.203. The number of benzene rings is 1. The molecule has 0 aliphatic heterocycles. The Balaban J connectivity index is 1.78. The molecule has 28 heavy (non-hydrogen) atoms. The Morgan fingerprint density at radius 2 is 1.46 bits per heavy atom. The van der Waals surface area contributed by atoms with Gasteiger partial charge in [-0.2, -0.15) is 0 Å². The van der Waals surface area contributed by atoms with Crippen LogP contribution in [0.2, 0.25) is 0 Å². The molecule has 0 radical (unpaired) electrons. The molecule has 1 aliphatic rings. The molecule has 1 aromatic rings. The van der Waals surface area contributed by atoms with E-state index in [0.29, 0.717) is 11.5 Å². The molecule has 160 valence electrons. The zero-order valence-electron chi connectivity index (χ0n) is 17.9. The number of sulfone groups is 1. The molecular weight excluding hydrogens is 370 g/mol. The number of hydrogen-bond donors (Lipinski definition) is 0. The lowest BCUT2D eigenvalue weighted by molar-refractivity contribution is 0.229. The first-order valence-electron chi connectivity index (χ1n) is 11.3. The highest BCUT2D eigenvalue weighted by Gasteiger charge is 2.28. The summed E-state index contributed by atoms with van der Waals surface area (Å²) in [7, 11) is -3.20. The molecule has 0 atom stereocenters. The Morgan fingerprint density at radius 1 is 0.893 bits per heavy atom. The van der Waals surface area contributed by atoms with Gasteiger partial charge in [-0.15, -0.1) is 0 Å². The van der Waals surface area contributed by atoms with Crippen molar-refractivity contribution in [3.05, 3.63) is 24.3 Å². The average Bonchev–Trinajstić information content (AvgIpc) is 2.73. The Labute approximate surface area is 172 Å². The topological polar surface area (TPSA) is 46.6 Å². The first-order chi connectivity index (χ1) is 13.6. The predicted molar refractivity (Wildman–Crippen MR) is 117 cm³/mol. The third kappa shape index (κ3) is 7.40. The largest absolute Gasteiger partial charge is 0.494 e. The average molecular weight is 410 g/mol. The van der Waals surface area contributed by atoms with E-state index in [0.717, 1.165) is 50.8 Å². The van der Waals surface area contributed by atoms with Gasteiger partial charge in [-0.05, 0) is 69.5 Å². The molecule has 4 nitrogen and oxygen atoms in total. The molecule has 0 spiro atoms. The number of nitrogens with zero attached hydrogens (tertiary/aromatic N) is 1. The minimum atomic E-state index is -3.20. The van der Waals surface area contributed by atoms with Crippen LogP contribution in [0.15, 0.2) is 29.2 Å². The standard InChI is InChI=1S/C23H39NO3S/c1-3-5-17-24(18-6-4-2)19-10-20-27-21-13-15-23(16-14-21)28(25,26)22-11-8-7-9-12-22/h13-16,22H,3-12,17-20H2,1-2H3. The highest BCUT2D eigenvalue weighted by molar-refractivity contribution is 7.92. The van der Waals surface area contributed by atoms with Gasteiger partial charge < -0.3 is 9.64 Å². The van der Waals surface area contributed by atoms with E-state index in [4.69, 9.17) is 4.74 Å². The second kappa shape index (κ2) is 12.5. The first-order valence-corrected chi connectivity index (χ1v) is 12.8. The third-order valence-electron chi connectivity index (χ3n) is 5.69. The Hall–Kier alpha value is -1.07. The molecule has 5 heteroatoms. The molecule has 0 bridgehead atoms. The van der Waals surface area contributed by atoms with Crippen molar-refractivity contribution in [3.63, 3.8) is 0 Å². The van der Waals surface area contributed by atoms with Crippen LogP contribution in [0, 0.1) is 0 Å². The monoisotopic (exact) mass is 409 g/mol. The zero-order valence-corrected chi connectivity index (χ0v) is 18.7. The number of rotatable bonds is 13. The number of hydrogen-bond acceptors (Lipinski definition) is 4. The Morgan fingerprint density at radius 3 is 2.04 bits per heavy atom. The van der Waals surface area contributed by atoms with Gasteiger partial charge in [-0.25, -0.2) is 8.42 Å². The highest BCUT2D eigenvalue weighted by Crippen LogP contribution is 2.29. The van der Waals surface area contributed by atoms with Gasteiger partial charge in [0, 0.05) is 6.54 Å². The molecule has 1 fully saturated rings. The molecule has 0 aromatic heterocycles. The van der Waals surface area contributed by atoms with Gasteiger partial charge in [-0.1, -0.05) is 46.0 Å². The second-order valence-electron chi connectivity index (χ2n) is 8.03. The van der Waals surface area contributed by atoms with Gasteiger partial charge in [-0.3, -0.25) is 0 Å². The SMILES string of the molecule is CCCCN(CCCC)CCCOc1ccc(S(=O)(=O)C2CCCCC2)cc1. The van der Waals surface area contributed by atoms with E-state index in [-0.39, 0.29) is 5.25 Å². The summed E-state index contributed by atoms with van der Waals surface area (Å²) in [4.78, 5) is 2.98. The van der Waals surface area contributed by atoms with E-state index < -0.39 is 9.84 Å². The van der Waals surface area contributed by atoms with E-state index >= 15 is 0 Å². The molecule has 0 saturated heterocycles. The van der Waals surface area contributed by atoms with Crippen LogP contribution < -0.4 is 4.74 Å². The smallest absolute Gasteiger partial charge is 0.181 e. The van der Waals surface area contributed by atoms with Crippen LogP contribution in [0.25, 0.3) is 0 Å². The van der Waals surface area contributed by atoms with Crippen molar-refractivity contribution < 1.29 is 13.2 Å². The summed E-state index contributed by atoms with van der Waals surface area (Å²) in [6.07, 6.45) is 10.8. The summed E-state index contributed by atoms with van der Waals surface area (Å²) >= 11 is 0. The molecule has 2 rings (SSSR count). The molecule has 0 amide bonds. The van der Waals surface area contributed by atoms with Crippen molar-refractivity contribution in [2.24, 2.45) is 0 Å². The van der Waals surface area contributed by atoms with Crippen LogP contribution >= 0.6 is 0 Å². The maximum absolute atomic E-state index is 12.8. The van der Waals surface area contributed by atoms with Crippen LogP contribution in [0.4, 0.5) is 0 Å². The van der Waals surface area contributed by atoms with Crippen LogP contribution in [0.5, 0.6) is 5.75 Å². The van der Waals surface area contributed by atoms with E-state index in [2.05, 4.69) is 18.7 Å². The van der Waals surface area contributed by atoms with Crippen molar-refractivity contribution in [1.29, 1.82) is 0 Å². The summed E-state index contributed by atoms with van der Waals surface area (Å²) < 4.78 is 31.4. The number of unbranched alkanes of at least 4 members (excludes halogenated alkanes) is 2. The fourth-order valence-corrected chi connectivity index (χ4v) is 5.72. The van der Waals surface area contributed by atoms with E-state index in [9.17, 15) is 8.42 Å². The molecule has 0 unspecified atom stereocenters. The van der Waals surface area contributed by atoms with Gasteiger partial charge in [0.2, 0.25) is 0 Å². The Bertz CT molecular complexity index is 628. The van der Waals surface area contributed by atoms with Gasteiger partial charge in [0.25, 0.3) is 0 Å². The van der Waals surface area contributed by atoms with Crippen LogP contribution in [0.3, 0.4) is 0 Å². The van der Waals surface area contributed by atoms with Gasteiger partial charge in [0.1, 0.15) is 5.75 Å². The lowest BCUT2D eigenvalue weighted by Gasteiger charge is -2.22. The highest BCUT2D eigenvalue weighted by atomic mass is 32.2. The first kappa shape index (κ1) is 23.2. The molecular formula is C23H39NO3S. The minimum Gasteiger partial charge on any atom is -0.494 e. The van der Waals surface area contributed by atoms with Crippen LogP contribution in [0.1, 0.15) is 78.1 Å². The molecule has 0 heterocycles. The normalized spacial score (nSPS) is 15.8. The summed E-state index contributed by atoms with van der Waals surface area (Å²) in [6, 6.07) is 7.05. The van der Waals surface area contributed by atoms with Crippen LogP contribution in [-0.4, -0.2) is 44.8 Å². The summed E-state index contributed by atoms with van der Waals surface area (Å²) in [5.41, 5.74) is 0. The molecule has 1 aliphatic carbocycles. The molecule has 1 aromatic carbocycles. The van der Waals surface area contributed by atoms with Gasteiger partial charge in [0.05, 0.1) is 16.8 Å². The van der Waals surface area contributed by atoms with Crippen molar-refractivity contribution in [3.8, 4) is 5.75 Å².